The third-order valence-corrected chi connectivity index (χ3v) is 3.63. The van der Waals surface area contributed by atoms with Crippen LogP contribution in [0.15, 0.2) is 21.8 Å². The maximum atomic E-state index is 12.4. The van der Waals surface area contributed by atoms with Gasteiger partial charge in [0.05, 0.1) is 0 Å². The summed E-state index contributed by atoms with van der Waals surface area (Å²) in [7, 11) is 0. The molecule has 0 aromatic heterocycles. The smallest absolute Gasteiger partial charge is 0.169 e. The lowest BCUT2D eigenvalue weighted by Gasteiger charge is -2.28. The first-order valence-electron chi connectivity index (χ1n) is 3.15. The highest BCUT2D eigenvalue weighted by atomic mass is 127. The van der Waals surface area contributed by atoms with E-state index in [-0.39, 0.29) is 6.42 Å². The highest BCUT2D eigenvalue weighted by molar-refractivity contribution is 14.1. The van der Waals surface area contributed by atoms with Gasteiger partial charge in [-0.3, -0.25) is 0 Å². The molecule has 5 heteroatoms. The molecule has 0 N–H and O–H groups in total. The Morgan fingerprint density at radius 1 is 1.42 bits per heavy atom. The molecule has 0 aromatic rings. The molecule has 12 heavy (non-hydrogen) atoms. The van der Waals surface area contributed by atoms with Crippen molar-refractivity contribution in [3.05, 3.63) is 21.8 Å². The van der Waals surface area contributed by atoms with E-state index in [4.69, 9.17) is 0 Å². The number of halogens is 5. The van der Waals surface area contributed by atoms with Crippen LogP contribution in [-0.4, -0.2) is 9.60 Å². The molecule has 0 radical (unpaired) electrons. The maximum Gasteiger partial charge on any atom is 0.406 e. The first kappa shape index (κ1) is 10.8. The van der Waals surface area contributed by atoms with Gasteiger partial charge in [0.1, 0.15) is 3.42 Å². The Balaban J connectivity index is 2.90. The molecule has 0 aromatic carbocycles. The standard InChI is InChI=1S/C7H5F3I2/c8-7(9,10)6(12)3-1-2-5(11)4-6/h1-3H,4H2. The van der Waals surface area contributed by atoms with Crippen molar-refractivity contribution in [3.8, 4) is 0 Å². The van der Waals surface area contributed by atoms with Gasteiger partial charge < -0.3 is 0 Å². The molecule has 1 aliphatic carbocycles. The summed E-state index contributed by atoms with van der Waals surface area (Å²) in [6.07, 6.45) is 0.257. The molecule has 68 valence electrons. The Labute approximate surface area is 95.6 Å². The number of allylic oxidation sites excluding steroid dienone is 4. The average molecular weight is 400 g/mol. The summed E-state index contributed by atoms with van der Waals surface area (Å²) in [5, 5.41) is 0. The Morgan fingerprint density at radius 2 is 2.00 bits per heavy atom. The second-order valence-corrected chi connectivity index (χ2v) is 5.82. The number of alkyl halides is 4. The molecule has 0 aliphatic heterocycles. The quantitative estimate of drug-likeness (QED) is 0.426. The molecule has 0 saturated carbocycles. The van der Waals surface area contributed by atoms with Crippen LogP contribution >= 0.6 is 45.2 Å². The van der Waals surface area contributed by atoms with Crippen LogP contribution in [-0.2, 0) is 0 Å². The van der Waals surface area contributed by atoms with Gasteiger partial charge in [0, 0.05) is 6.42 Å². The molecule has 0 bridgehead atoms. The van der Waals surface area contributed by atoms with Gasteiger partial charge in [0.2, 0.25) is 0 Å². The lowest BCUT2D eigenvalue weighted by Crippen LogP contribution is -2.37. The number of hydrogen-bond acceptors (Lipinski definition) is 0. The molecule has 1 atom stereocenters. The molecular weight excluding hydrogens is 395 g/mol. The third kappa shape index (κ3) is 2.15. The minimum atomic E-state index is -4.16. The summed E-state index contributed by atoms with van der Waals surface area (Å²) in [6, 6.07) is 0. The van der Waals surface area contributed by atoms with Crippen molar-refractivity contribution in [3.63, 3.8) is 0 Å². The molecule has 0 fully saturated rings. The Bertz CT molecular complexity index is 242. The zero-order chi connectivity index (χ0) is 9.41. The molecule has 0 nitrogen and oxygen atoms in total. The predicted molar refractivity (Wildman–Crippen MR) is 58.7 cm³/mol. The predicted octanol–water partition coefficient (Wildman–Crippen LogP) is 4.00. The highest BCUT2D eigenvalue weighted by Gasteiger charge is 2.51. The van der Waals surface area contributed by atoms with E-state index < -0.39 is 9.60 Å². The van der Waals surface area contributed by atoms with Gasteiger partial charge in [0.25, 0.3) is 0 Å². The van der Waals surface area contributed by atoms with E-state index in [0.717, 1.165) is 3.58 Å². The lowest BCUT2D eigenvalue weighted by atomic mass is 10.0. The second kappa shape index (κ2) is 3.47. The van der Waals surface area contributed by atoms with Gasteiger partial charge in [-0.25, -0.2) is 0 Å². The maximum absolute atomic E-state index is 12.4. The van der Waals surface area contributed by atoms with Gasteiger partial charge in [-0.1, -0.05) is 40.8 Å². The van der Waals surface area contributed by atoms with Gasteiger partial charge in [-0.2, -0.15) is 13.2 Å². The van der Waals surface area contributed by atoms with Gasteiger partial charge in [-0.05, 0) is 26.2 Å². The highest BCUT2D eigenvalue weighted by Crippen LogP contribution is 2.46. The van der Waals surface area contributed by atoms with Crippen molar-refractivity contribution >= 4 is 45.2 Å². The van der Waals surface area contributed by atoms with Gasteiger partial charge in [0.15, 0.2) is 0 Å². The van der Waals surface area contributed by atoms with Crippen molar-refractivity contribution in [1.82, 2.24) is 0 Å². The van der Waals surface area contributed by atoms with Crippen LogP contribution < -0.4 is 0 Å². The van der Waals surface area contributed by atoms with Crippen molar-refractivity contribution in [2.75, 3.05) is 0 Å². The molecule has 1 rings (SSSR count). The summed E-state index contributed by atoms with van der Waals surface area (Å²) in [6.45, 7) is 0. The van der Waals surface area contributed by atoms with Crippen LogP contribution in [0, 0.1) is 0 Å². The lowest BCUT2D eigenvalue weighted by molar-refractivity contribution is -0.142. The van der Waals surface area contributed by atoms with Gasteiger partial charge >= 0.3 is 6.18 Å². The summed E-state index contributed by atoms with van der Waals surface area (Å²) in [5.41, 5.74) is 0. The van der Waals surface area contributed by atoms with Crippen LogP contribution in [0.4, 0.5) is 13.2 Å². The summed E-state index contributed by atoms with van der Waals surface area (Å²) in [5.74, 6) is 0. The Hall–Kier alpha value is 0.730. The van der Waals surface area contributed by atoms with Crippen molar-refractivity contribution in [2.45, 2.75) is 16.0 Å². The fourth-order valence-corrected chi connectivity index (χ4v) is 3.02. The largest absolute Gasteiger partial charge is 0.406 e. The fraction of sp³-hybridized carbons (Fsp3) is 0.429. The van der Waals surface area contributed by atoms with Gasteiger partial charge in [-0.15, -0.1) is 0 Å². The summed E-state index contributed by atoms with van der Waals surface area (Å²) >= 11 is 3.38. The van der Waals surface area contributed by atoms with Crippen molar-refractivity contribution in [1.29, 1.82) is 0 Å². The molecular formula is C7H5F3I2. The minimum Gasteiger partial charge on any atom is -0.169 e. The monoisotopic (exact) mass is 400 g/mol. The van der Waals surface area contributed by atoms with E-state index in [1.807, 2.05) is 22.6 Å². The van der Waals surface area contributed by atoms with Crippen LogP contribution in [0.25, 0.3) is 0 Å². The minimum absolute atomic E-state index is 0.0497. The van der Waals surface area contributed by atoms with E-state index >= 15 is 0 Å². The summed E-state index contributed by atoms with van der Waals surface area (Å²) in [4.78, 5) is 0. The third-order valence-electron chi connectivity index (χ3n) is 1.53. The Morgan fingerprint density at radius 3 is 2.33 bits per heavy atom. The van der Waals surface area contributed by atoms with Crippen LogP contribution in [0.5, 0.6) is 0 Å². The van der Waals surface area contributed by atoms with E-state index in [0.29, 0.717) is 0 Å². The number of rotatable bonds is 0. The zero-order valence-electron chi connectivity index (χ0n) is 5.83. The van der Waals surface area contributed by atoms with Crippen LogP contribution in [0.2, 0.25) is 0 Å². The molecule has 0 heterocycles. The van der Waals surface area contributed by atoms with E-state index in [1.54, 1.807) is 6.08 Å². The molecule has 1 aliphatic rings. The van der Waals surface area contributed by atoms with E-state index in [1.165, 1.54) is 34.7 Å². The van der Waals surface area contributed by atoms with E-state index in [9.17, 15) is 13.2 Å². The molecule has 0 amide bonds. The normalized spacial score (nSPS) is 30.2. The Kier molecular flexibility index (Phi) is 3.12. The molecule has 0 spiro atoms. The first-order chi connectivity index (χ1) is 5.35. The van der Waals surface area contributed by atoms with Crippen LogP contribution in [0.1, 0.15) is 6.42 Å². The number of hydrogen-bond donors (Lipinski definition) is 0. The fourth-order valence-electron chi connectivity index (χ4n) is 0.863. The molecule has 0 saturated heterocycles. The second-order valence-electron chi connectivity index (χ2n) is 2.51. The van der Waals surface area contributed by atoms with Crippen molar-refractivity contribution < 1.29 is 13.2 Å². The SMILES string of the molecule is FC(F)(F)C1(I)C=CC=C(I)C1. The topological polar surface area (TPSA) is 0 Å². The van der Waals surface area contributed by atoms with E-state index in [2.05, 4.69) is 0 Å². The average Bonchev–Trinajstić information content (AvgIpc) is 1.83. The van der Waals surface area contributed by atoms with Crippen LogP contribution in [0.3, 0.4) is 0 Å². The molecule has 1 unspecified atom stereocenters. The first-order valence-corrected chi connectivity index (χ1v) is 5.30. The summed E-state index contributed by atoms with van der Waals surface area (Å²) < 4.78 is 36.3. The zero-order valence-corrected chi connectivity index (χ0v) is 10.1. The van der Waals surface area contributed by atoms with Crippen molar-refractivity contribution in [2.24, 2.45) is 0 Å².